The fourth-order valence-corrected chi connectivity index (χ4v) is 1.49. The summed E-state index contributed by atoms with van der Waals surface area (Å²) in [6.07, 6.45) is 0.134. The molecule has 0 bridgehead atoms. The monoisotopic (exact) mass is 189 g/mol. The summed E-state index contributed by atoms with van der Waals surface area (Å²) in [7, 11) is 0. The predicted octanol–water partition coefficient (Wildman–Crippen LogP) is 2.44. The van der Waals surface area contributed by atoms with Crippen molar-refractivity contribution in [3.05, 3.63) is 35.9 Å². The fraction of sp³-hybridized carbons (Fsp3) is 0.417. The molecule has 0 aliphatic heterocycles. The van der Waals surface area contributed by atoms with Crippen molar-refractivity contribution in [1.82, 2.24) is 0 Å². The van der Waals surface area contributed by atoms with Crippen LogP contribution in [0.5, 0.6) is 0 Å². The van der Waals surface area contributed by atoms with Crippen LogP contribution >= 0.6 is 0 Å². The quantitative estimate of drug-likeness (QED) is 0.793. The van der Waals surface area contributed by atoms with Crippen molar-refractivity contribution in [2.45, 2.75) is 25.9 Å². The first kappa shape index (κ1) is 10.7. The van der Waals surface area contributed by atoms with Crippen LogP contribution in [-0.2, 0) is 5.60 Å². The predicted molar refractivity (Wildman–Crippen MR) is 55.4 cm³/mol. The molecule has 0 radical (unpaired) electrons. The number of rotatable bonds is 3. The lowest BCUT2D eigenvalue weighted by Gasteiger charge is -2.30. The highest BCUT2D eigenvalue weighted by molar-refractivity contribution is 5.24. The average Bonchev–Trinajstić information content (AvgIpc) is 2.19. The van der Waals surface area contributed by atoms with E-state index in [0.29, 0.717) is 0 Å². The van der Waals surface area contributed by atoms with E-state index in [1.54, 1.807) is 0 Å². The Morgan fingerprint density at radius 1 is 1.36 bits per heavy atom. The topological polar surface area (TPSA) is 44.0 Å². The minimum absolute atomic E-state index is 0.0320. The lowest BCUT2D eigenvalue weighted by Crippen LogP contribution is -2.31. The Labute approximate surface area is 84.8 Å². The molecule has 2 heteroatoms. The van der Waals surface area contributed by atoms with E-state index >= 15 is 0 Å². The minimum Gasteiger partial charge on any atom is -0.384 e. The smallest absolute Gasteiger partial charge is 0.105 e. The molecule has 0 aliphatic carbocycles. The maximum absolute atomic E-state index is 10.3. The van der Waals surface area contributed by atoms with Crippen molar-refractivity contribution in [2.24, 2.45) is 5.92 Å². The van der Waals surface area contributed by atoms with Crippen LogP contribution in [0.4, 0.5) is 0 Å². The molecule has 0 spiro atoms. The van der Waals surface area contributed by atoms with Gasteiger partial charge in [-0.25, -0.2) is 0 Å². The minimum atomic E-state index is -1.02. The first-order chi connectivity index (χ1) is 6.61. The van der Waals surface area contributed by atoms with Gasteiger partial charge >= 0.3 is 0 Å². The third-order valence-electron chi connectivity index (χ3n) is 2.58. The Balaban J connectivity index is 3.07. The lowest BCUT2D eigenvalue weighted by molar-refractivity contribution is -0.00571. The summed E-state index contributed by atoms with van der Waals surface area (Å²) in [4.78, 5) is 0. The molecule has 1 rings (SSSR count). The van der Waals surface area contributed by atoms with Gasteiger partial charge in [-0.3, -0.25) is 0 Å². The van der Waals surface area contributed by atoms with Gasteiger partial charge in [-0.1, -0.05) is 44.2 Å². The molecule has 74 valence electrons. The van der Waals surface area contributed by atoms with Crippen LogP contribution in [0.3, 0.4) is 0 Å². The summed E-state index contributed by atoms with van der Waals surface area (Å²) < 4.78 is 0. The van der Waals surface area contributed by atoms with Crippen LogP contribution in [0, 0.1) is 17.2 Å². The van der Waals surface area contributed by atoms with E-state index in [1.165, 1.54) is 0 Å². The summed E-state index contributed by atoms with van der Waals surface area (Å²) in [5.41, 5.74) is -0.202. The maximum atomic E-state index is 10.3. The van der Waals surface area contributed by atoms with Crippen LogP contribution in [0.25, 0.3) is 0 Å². The molecular weight excluding hydrogens is 174 g/mol. The molecule has 1 N–H and O–H groups in total. The van der Waals surface area contributed by atoms with Crippen molar-refractivity contribution in [1.29, 1.82) is 5.26 Å². The van der Waals surface area contributed by atoms with E-state index < -0.39 is 5.60 Å². The molecular formula is C12H15NO. The van der Waals surface area contributed by atoms with Crippen molar-refractivity contribution in [2.75, 3.05) is 0 Å². The van der Waals surface area contributed by atoms with Crippen LogP contribution < -0.4 is 0 Å². The molecule has 14 heavy (non-hydrogen) atoms. The van der Waals surface area contributed by atoms with Gasteiger partial charge in [0.1, 0.15) is 5.60 Å². The van der Waals surface area contributed by atoms with Crippen molar-refractivity contribution >= 4 is 0 Å². The van der Waals surface area contributed by atoms with E-state index in [9.17, 15) is 5.11 Å². The third kappa shape index (κ3) is 1.94. The molecule has 2 nitrogen and oxygen atoms in total. The van der Waals surface area contributed by atoms with Gasteiger partial charge < -0.3 is 5.11 Å². The average molecular weight is 189 g/mol. The standard InChI is InChI=1S/C12H15NO/c1-10(2)12(14,8-9-13)11-6-4-3-5-7-11/h3-7,10,14H,8H2,1-2H3. The van der Waals surface area contributed by atoms with Crippen LogP contribution in [0.2, 0.25) is 0 Å². The molecule has 0 heterocycles. The Morgan fingerprint density at radius 2 is 1.93 bits per heavy atom. The Morgan fingerprint density at radius 3 is 2.36 bits per heavy atom. The van der Waals surface area contributed by atoms with Crippen molar-refractivity contribution in [3.63, 3.8) is 0 Å². The zero-order valence-corrected chi connectivity index (χ0v) is 8.57. The summed E-state index contributed by atoms with van der Waals surface area (Å²) in [6.45, 7) is 3.84. The Bertz CT molecular complexity index is 326. The van der Waals surface area contributed by atoms with Crippen LogP contribution in [0.15, 0.2) is 30.3 Å². The van der Waals surface area contributed by atoms with Gasteiger partial charge in [-0.05, 0) is 11.5 Å². The third-order valence-corrected chi connectivity index (χ3v) is 2.58. The Hall–Kier alpha value is -1.33. The highest BCUT2D eigenvalue weighted by Gasteiger charge is 2.32. The highest BCUT2D eigenvalue weighted by Crippen LogP contribution is 2.32. The molecule has 0 aliphatic rings. The number of aliphatic hydroxyl groups is 1. The zero-order valence-electron chi connectivity index (χ0n) is 8.57. The van der Waals surface area contributed by atoms with Crippen molar-refractivity contribution < 1.29 is 5.11 Å². The molecule has 1 unspecified atom stereocenters. The van der Waals surface area contributed by atoms with E-state index in [2.05, 4.69) is 0 Å². The SMILES string of the molecule is CC(C)C(O)(CC#N)c1ccccc1. The molecule has 0 amide bonds. The summed E-state index contributed by atoms with van der Waals surface area (Å²) in [5.74, 6) is 0.0320. The van der Waals surface area contributed by atoms with Gasteiger partial charge in [0.05, 0.1) is 12.5 Å². The molecule has 1 aromatic rings. The number of hydrogen-bond donors (Lipinski definition) is 1. The van der Waals surface area contributed by atoms with Gasteiger partial charge in [-0.15, -0.1) is 0 Å². The van der Waals surface area contributed by atoms with Crippen LogP contribution in [-0.4, -0.2) is 5.11 Å². The van der Waals surface area contributed by atoms with Crippen molar-refractivity contribution in [3.8, 4) is 6.07 Å². The summed E-state index contributed by atoms with van der Waals surface area (Å²) in [5, 5.41) is 19.0. The van der Waals surface area contributed by atoms with Gasteiger partial charge in [0, 0.05) is 0 Å². The van der Waals surface area contributed by atoms with E-state index in [0.717, 1.165) is 5.56 Å². The van der Waals surface area contributed by atoms with Crippen LogP contribution in [0.1, 0.15) is 25.8 Å². The largest absolute Gasteiger partial charge is 0.384 e. The number of nitrogens with zero attached hydrogens (tertiary/aromatic N) is 1. The van der Waals surface area contributed by atoms with Gasteiger partial charge in [0.2, 0.25) is 0 Å². The van der Waals surface area contributed by atoms with Gasteiger partial charge in [0.25, 0.3) is 0 Å². The molecule has 1 atom stereocenters. The Kier molecular flexibility index (Phi) is 3.27. The lowest BCUT2D eigenvalue weighted by atomic mass is 9.81. The maximum Gasteiger partial charge on any atom is 0.105 e. The second-order valence-corrected chi connectivity index (χ2v) is 3.78. The van der Waals surface area contributed by atoms with E-state index in [1.807, 2.05) is 50.2 Å². The van der Waals surface area contributed by atoms with Gasteiger partial charge in [0.15, 0.2) is 0 Å². The number of nitriles is 1. The van der Waals surface area contributed by atoms with E-state index in [4.69, 9.17) is 5.26 Å². The molecule has 0 saturated carbocycles. The highest BCUT2D eigenvalue weighted by atomic mass is 16.3. The molecule has 1 aromatic carbocycles. The normalized spacial score (nSPS) is 14.8. The summed E-state index contributed by atoms with van der Waals surface area (Å²) in [6, 6.07) is 11.4. The van der Waals surface area contributed by atoms with E-state index in [-0.39, 0.29) is 12.3 Å². The zero-order chi connectivity index (χ0) is 10.6. The molecule has 0 saturated heterocycles. The second-order valence-electron chi connectivity index (χ2n) is 3.78. The first-order valence-electron chi connectivity index (χ1n) is 4.76. The number of benzene rings is 1. The molecule has 0 aromatic heterocycles. The number of hydrogen-bond acceptors (Lipinski definition) is 2. The van der Waals surface area contributed by atoms with Gasteiger partial charge in [-0.2, -0.15) is 5.26 Å². The molecule has 0 fully saturated rings. The summed E-state index contributed by atoms with van der Waals surface area (Å²) >= 11 is 0. The second kappa shape index (κ2) is 4.26. The fourth-order valence-electron chi connectivity index (χ4n) is 1.49. The first-order valence-corrected chi connectivity index (χ1v) is 4.76.